The van der Waals surface area contributed by atoms with Crippen molar-refractivity contribution >= 4 is 33.4 Å². The van der Waals surface area contributed by atoms with Gasteiger partial charge in [0.2, 0.25) is 0 Å². The van der Waals surface area contributed by atoms with Crippen LogP contribution in [0.15, 0.2) is 22.7 Å². The van der Waals surface area contributed by atoms with E-state index < -0.39 is 0 Å². The van der Waals surface area contributed by atoms with E-state index in [0.717, 1.165) is 30.4 Å². The van der Waals surface area contributed by atoms with Gasteiger partial charge in [-0.3, -0.25) is 4.79 Å². The standard InChI is InChI=1S/C15H20BrClN2O2/c1-18-4-2-14(3-5-18)19(6-7-20)15(21)11-8-12(16)10-13(17)9-11/h8-10,14,20H,2-7H2,1H3. The number of carbonyl (C=O) groups excluding carboxylic acids is 1. The second-order valence-electron chi connectivity index (χ2n) is 5.41. The van der Waals surface area contributed by atoms with Crippen molar-refractivity contribution in [3.05, 3.63) is 33.3 Å². The number of carbonyl (C=O) groups is 1. The van der Waals surface area contributed by atoms with Gasteiger partial charge in [-0.1, -0.05) is 27.5 Å². The molecule has 0 radical (unpaired) electrons. The van der Waals surface area contributed by atoms with Gasteiger partial charge in [0.15, 0.2) is 0 Å². The Kier molecular flexibility index (Phi) is 6.05. The molecule has 1 aliphatic heterocycles. The SMILES string of the molecule is CN1CCC(N(CCO)C(=O)c2cc(Cl)cc(Br)c2)CC1. The molecule has 1 N–H and O–H groups in total. The molecule has 1 amide bonds. The maximum absolute atomic E-state index is 12.7. The first-order valence-corrected chi connectivity index (χ1v) is 8.25. The van der Waals surface area contributed by atoms with E-state index in [1.54, 1.807) is 23.1 Å². The first kappa shape index (κ1) is 16.7. The summed E-state index contributed by atoms with van der Waals surface area (Å²) in [5.74, 6) is -0.0678. The van der Waals surface area contributed by atoms with Crippen LogP contribution in [0.4, 0.5) is 0 Å². The molecule has 1 aromatic carbocycles. The summed E-state index contributed by atoms with van der Waals surface area (Å²) >= 11 is 9.39. The minimum atomic E-state index is -0.0678. The lowest BCUT2D eigenvalue weighted by atomic mass is 10.0. The molecule has 1 fully saturated rings. The van der Waals surface area contributed by atoms with Gasteiger partial charge < -0.3 is 14.9 Å². The molecule has 0 unspecified atom stereocenters. The van der Waals surface area contributed by atoms with Crippen molar-refractivity contribution in [3.8, 4) is 0 Å². The number of benzene rings is 1. The van der Waals surface area contributed by atoms with E-state index in [2.05, 4.69) is 27.9 Å². The molecule has 0 aromatic heterocycles. The number of aliphatic hydroxyl groups excluding tert-OH is 1. The highest BCUT2D eigenvalue weighted by Crippen LogP contribution is 2.23. The van der Waals surface area contributed by atoms with E-state index in [0.29, 0.717) is 17.1 Å². The summed E-state index contributed by atoms with van der Waals surface area (Å²) in [6.07, 6.45) is 1.87. The third-order valence-corrected chi connectivity index (χ3v) is 4.52. The largest absolute Gasteiger partial charge is 0.395 e. The first-order chi connectivity index (χ1) is 10.0. The van der Waals surface area contributed by atoms with Crippen LogP contribution in [0.3, 0.4) is 0 Å². The van der Waals surface area contributed by atoms with Gasteiger partial charge >= 0.3 is 0 Å². The summed E-state index contributed by atoms with van der Waals surface area (Å²) < 4.78 is 0.783. The van der Waals surface area contributed by atoms with Crippen LogP contribution < -0.4 is 0 Å². The van der Waals surface area contributed by atoms with Crippen LogP contribution in [-0.2, 0) is 0 Å². The third kappa shape index (κ3) is 4.42. The molecule has 0 saturated carbocycles. The van der Waals surface area contributed by atoms with Gasteiger partial charge in [-0.2, -0.15) is 0 Å². The molecular formula is C15H20BrClN2O2. The molecule has 1 aliphatic rings. The molecule has 0 aliphatic carbocycles. The molecule has 1 aromatic rings. The Morgan fingerprint density at radius 1 is 1.43 bits per heavy atom. The van der Waals surface area contributed by atoms with Crippen molar-refractivity contribution in [1.29, 1.82) is 0 Å². The Labute approximate surface area is 138 Å². The zero-order valence-corrected chi connectivity index (χ0v) is 14.4. The predicted molar refractivity (Wildman–Crippen MR) is 87.8 cm³/mol. The van der Waals surface area contributed by atoms with Gasteiger partial charge in [-0.25, -0.2) is 0 Å². The lowest BCUT2D eigenvalue weighted by Crippen LogP contribution is -2.47. The fourth-order valence-corrected chi connectivity index (χ4v) is 3.57. The summed E-state index contributed by atoms with van der Waals surface area (Å²) in [6, 6.07) is 5.38. The lowest BCUT2D eigenvalue weighted by Gasteiger charge is -2.37. The van der Waals surface area contributed by atoms with E-state index in [-0.39, 0.29) is 18.6 Å². The zero-order valence-electron chi connectivity index (χ0n) is 12.1. The number of hydrogen-bond acceptors (Lipinski definition) is 3. The van der Waals surface area contributed by atoms with Crippen LogP contribution in [0.5, 0.6) is 0 Å². The molecule has 2 rings (SSSR count). The van der Waals surface area contributed by atoms with E-state index in [1.807, 2.05) is 0 Å². The average Bonchev–Trinajstić information content (AvgIpc) is 2.44. The number of likely N-dealkylation sites (tertiary alicyclic amines) is 1. The monoisotopic (exact) mass is 374 g/mol. The van der Waals surface area contributed by atoms with Gasteiger partial charge in [-0.05, 0) is 51.2 Å². The number of piperidine rings is 1. The highest BCUT2D eigenvalue weighted by Gasteiger charge is 2.27. The number of hydrogen-bond donors (Lipinski definition) is 1. The molecule has 21 heavy (non-hydrogen) atoms. The van der Waals surface area contributed by atoms with Gasteiger partial charge in [0, 0.05) is 27.6 Å². The molecule has 1 heterocycles. The van der Waals surface area contributed by atoms with E-state index in [9.17, 15) is 9.90 Å². The summed E-state index contributed by atoms with van der Waals surface area (Å²) in [6.45, 7) is 2.27. The number of halogens is 2. The van der Waals surface area contributed by atoms with E-state index in [4.69, 9.17) is 11.6 Å². The van der Waals surface area contributed by atoms with E-state index in [1.165, 1.54) is 0 Å². The summed E-state index contributed by atoms with van der Waals surface area (Å²) in [5, 5.41) is 9.81. The number of amides is 1. The first-order valence-electron chi connectivity index (χ1n) is 7.07. The smallest absolute Gasteiger partial charge is 0.254 e. The quantitative estimate of drug-likeness (QED) is 0.880. The van der Waals surface area contributed by atoms with Crippen molar-refractivity contribution in [1.82, 2.24) is 9.80 Å². The second-order valence-corrected chi connectivity index (χ2v) is 6.77. The predicted octanol–water partition coefficient (Wildman–Crippen LogP) is 2.63. The summed E-state index contributed by atoms with van der Waals surface area (Å²) in [7, 11) is 2.09. The minimum Gasteiger partial charge on any atom is -0.395 e. The van der Waals surface area contributed by atoms with Crippen LogP contribution in [0.25, 0.3) is 0 Å². The Hall–Kier alpha value is -0.620. The van der Waals surface area contributed by atoms with Gasteiger partial charge in [0.25, 0.3) is 5.91 Å². The molecule has 6 heteroatoms. The molecule has 0 atom stereocenters. The van der Waals surface area contributed by atoms with Crippen LogP contribution in [0, 0.1) is 0 Å². The highest BCUT2D eigenvalue weighted by atomic mass is 79.9. The van der Waals surface area contributed by atoms with Crippen molar-refractivity contribution < 1.29 is 9.90 Å². The highest BCUT2D eigenvalue weighted by molar-refractivity contribution is 9.10. The van der Waals surface area contributed by atoms with Crippen molar-refractivity contribution in [3.63, 3.8) is 0 Å². The molecule has 1 saturated heterocycles. The van der Waals surface area contributed by atoms with Crippen LogP contribution in [-0.4, -0.2) is 60.1 Å². The number of nitrogens with zero attached hydrogens (tertiary/aromatic N) is 2. The normalized spacial score (nSPS) is 17.0. The average molecular weight is 376 g/mol. The maximum Gasteiger partial charge on any atom is 0.254 e. The Morgan fingerprint density at radius 2 is 2.10 bits per heavy atom. The van der Waals surface area contributed by atoms with E-state index >= 15 is 0 Å². The Bertz CT molecular complexity index is 484. The fraction of sp³-hybridized carbons (Fsp3) is 0.533. The van der Waals surface area contributed by atoms with Crippen LogP contribution in [0.1, 0.15) is 23.2 Å². The fourth-order valence-electron chi connectivity index (χ4n) is 2.71. The molecule has 116 valence electrons. The summed E-state index contributed by atoms with van der Waals surface area (Å²) in [5.41, 5.74) is 0.557. The second kappa shape index (κ2) is 7.58. The maximum atomic E-state index is 12.7. The number of aliphatic hydroxyl groups is 1. The van der Waals surface area contributed by atoms with Gasteiger partial charge in [0.05, 0.1) is 6.61 Å². The zero-order chi connectivity index (χ0) is 15.4. The topological polar surface area (TPSA) is 43.8 Å². The Balaban J connectivity index is 2.18. The molecule has 4 nitrogen and oxygen atoms in total. The van der Waals surface area contributed by atoms with Crippen molar-refractivity contribution in [2.24, 2.45) is 0 Å². The van der Waals surface area contributed by atoms with Crippen LogP contribution in [0.2, 0.25) is 5.02 Å². The number of rotatable bonds is 4. The minimum absolute atomic E-state index is 0.0280. The lowest BCUT2D eigenvalue weighted by molar-refractivity contribution is 0.0540. The molecule has 0 spiro atoms. The van der Waals surface area contributed by atoms with Crippen molar-refractivity contribution in [2.75, 3.05) is 33.3 Å². The van der Waals surface area contributed by atoms with Gasteiger partial charge in [-0.15, -0.1) is 0 Å². The third-order valence-electron chi connectivity index (χ3n) is 3.84. The van der Waals surface area contributed by atoms with Gasteiger partial charge in [0.1, 0.15) is 0 Å². The van der Waals surface area contributed by atoms with Crippen LogP contribution >= 0.6 is 27.5 Å². The molecule has 0 bridgehead atoms. The van der Waals surface area contributed by atoms with Crippen molar-refractivity contribution in [2.45, 2.75) is 18.9 Å². The summed E-state index contributed by atoms with van der Waals surface area (Å²) in [4.78, 5) is 16.8. The Morgan fingerprint density at radius 3 is 2.67 bits per heavy atom. The molecular weight excluding hydrogens is 356 g/mol.